The molecule has 1 fully saturated rings. The number of carbonyl (C=O) groups excluding carboxylic acids is 2. The number of hydrogen-bond acceptors (Lipinski definition) is 6. The number of benzene rings is 2. The fourth-order valence-corrected chi connectivity index (χ4v) is 4.70. The zero-order valence-corrected chi connectivity index (χ0v) is 19.3. The zero-order chi connectivity index (χ0) is 23.4. The first-order valence-electron chi connectivity index (χ1n) is 11.4. The van der Waals surface area contributed by atoms with Gasteiger partial charge in [-0.3, -0.25) is 9.79 Å². The van der Waals surface area contributed by atoms with Crippen molar-refractivity contribution >= 4 is 17.5 Å². The molecule has 0 bridgehead atoms. The monoisotopic (exact) mass is 447 g/mol. The maximum Gasteiger partial charge on any atom is 0.336 e. The third-order valence-corrected chi connectivity index (χ3v) is 6.19. The van der Waals surface area contributed by atoms with Crippen molar-refractivity contribution in [3.8, 4) is 11.5 Å². The third-order valence-electron chi connectivity index (χ3n) is 6.19. The summed E-state index contributed by atoms with van der Waals surface area (Å²) in [5.74, 6) is -0.0923. The second-order valence-corrected chi connectivity index (χ2v) is 8.28. The molecule has 2 atom stereocenters. The van der Waals surface area contributed by atoms with Crippen molar-refractivity contribution in [1.82, 2.24) is 0 Å². The van der Waals surface area contributed by atoms with Crippen molar-refractivity contribution in [1.29, 1.82) is 0 Å². The Morgan fingerprint density at radius 3 is 2.58 bits per heavy atom. The molecule has 172 valence electrons. The number of esters is 1. The van der Waals surface area contributed by atoms with Gasteiger partial charge in [0.2, 0.25) is 0 Å². The molecule has 0 radical (unpaired) electrons. The number of rotatable bonds is 7. The minimum absolute atomic E-state index is 0.110. The fraction of sp³-hybridized carbons (Fsp3) is 0.370. The van der Waals surface area contributed by atoms with E-state index in [1.165, 1.54) is 0 Å². The summed E-state index contributed by atoms with van der Waals surface area (Å²) in [5, 5.41) is 0. The van der Waals surface area contributed by atoms with Crippen LogP contribution in [0.5, 0.6) is 11.5 Å². The number of Topliss-reactive ketones (excluding diaryl/α,β-unsaturated/α-hetero) is 1. The van der Waals surface area contributed by atoms with Gasteiger partial charge in [-0.05, 0) is 49.9 Å². The summed E-state index contributed by atoms with van der Waals surface area (Å²) in [6, 6.07) is 15.1. The summed E-state index contributed by atoms with van der Waals surface area (Å²) in [6.45, 7) is 4.39. The van der Waals surface area contributed by atoms with E-state index in [0.717, 1.165) is 29.7 Å². The van der Waals surface area contributed by atoms with Crippen LogP contribution in [0.25, 0.3) is 0 Å². The molecule has 1 aliphatic heterocycles. The van der Waals surface area contributed by atoms with Crippen molar-refractivity contribution in [3.05, 3.63) is 70.9 Å². The third kappa shape index (κ3) is 4.70. The van der Waals surface area contributed by atoms with Crippen molar-refractivity contribution in [2.24, 2.45) is 10.9 Å². The topological polar surface area (TPSA) is 74.2 Å². The SMILES string of the molecule is CCOc1ccc([C@H]2C(C(=O)OCc3ccccc3)=C(C)N=C3CCCC(=O)C32)cc1OC. The molecule has 1 unspecified atom stereocenters. The maximum atomic E-state index is 13.4. The zero-order valence-electron chi connectivity index (χ0n) is 19.3. The van der Waals surface area contributed by atoms with Crippen LogP contribution in [-0.2, 0) is 20.9 Å². The Kier molecular flexibility index (Phi) is 6.92. The summed E-state index contributed by atoms with van der Waals surface area (Å²) in [7, 11) is 1.58. The molecule has 0 spiro atoms. The first-order valence-corrected chi connectivity index (χ1v) is 11.4. The number of ether oxygens (including phenoxy) is 3. The predicted molar refractivity (Wildman–Crippen MR) is 126 cm³/mol. The van der Waals surface area contributed by atoms with E-state index in [9.17, 15) is 9.59 Å². The van der Waals surface area contributed by atoms with Gasteiger partial charge in [0.25, 0.3) is 0 Å². The van der Waals surface area contributed by atoms with Crippen molar-refractivity contribution in [2.45, 2.75) is 45.6 Å². The molecule has 2 aromatic rings. The highest BCUT2D eigenvalue weighted by Gasteiger charge is 2.44. The molecule has 6 nitrogen and oxygen atoms in total. The highest BCUT2D eigenvalue weighted by Crippen LogP contribution is 2.45. The number of carbonyl (C=O) groups is 2. The van der Waals surface area contributed by atoms with E-state index in [0.29, 0.717) is 35.8 Å². The summed E-state index contributed by atoms with van der Waals surface area (Å²) in [6.07, 6.45) is 2.03. The van der Waals surface area contributed by atoms with Gasteiger partial charge in [-0.25, -0.2) is 4.79 Å². The van der Waals surface area contributed by atoms with E-state index in [4.69, 9.17) is 19.2 Å². The second-order valence-electron chi connectivity index (χ2n) is 8.28. The van der Waals surface area contributed by atoms with Gasteiger partial charge >= 0.3 is 5.97 Å². The van der Waals surface area contributed by atoms with E-state index in [1.807, 2.05) is 62.4 Å². The average molecular weight is 448 g/mol. The Morgan fingerprint density at radius 2 is 1.85 bits per heavy atom. The average Bonchev–Trinajstić information content (AvgIpc) is 2.83. The number of fused-ring (bicyclic) bond motifs is 1. The summed E-state index contributed by atoms with van der Waals surface area (Å²) < 4.78 is 16.9. The quantitative estimate of drug-likeness (QED) is 0.557. The lowest BCUT2D eigenvalue weighted by molar-refractivity contribution is -0.140. The second kappa shape index (κ2) is 10.0. The molecule has 0 aromatic heterocycles. The van der Waals surface area contributed by atoms with Gasteiger partial charge in [0.1, 0.15) is 12.4 Å². The molecule has 0 N–H and O–H groups in total. The minimum Gasteiger partial charge on any atom is -0.493 e. The molecule has 0 amide bonds. The minimum atomic E-state index is -0.474. The summed E-state index contributed by atoms with van der Waals surface area (Å²) in [4.78, 5) is 31.1. The van der Waals surface area contributed by atoms with E-state index >= 15 is 0 Å². The molecule has 6 heteroatoms. The number of hydrogen-bond donors (Lipinski definition) is 0. The molecule has 2 aromatic carbocycles. The first kappa shape index (κ1) is 22.8. The Hall–Kier alpha value is -3.41. The Labute approximate surface area is 194 Å². The predicted octanol–water partition coefficient (Wildman–Crippen LogP) is 5.02. The lowest BCUT2D eigenvalue weighted by atomic mass is 9.69. The number of nitrogens with zero attached hydrogens (tertiary/aromatic N) is 1. The van der Waals surface area contributed by atoms with Crippen molar-refractivity contribution in [3.63, 3.8) is 0 Å². The van der Waals surface area contributed by atoms with Crippen LogP contribution in [0.1, 0.15) is 50.2 Å². The normalized spacial score (nSPS) is 20.1. The molecular formula is C27H29NO5. The van der Waals surface area contributed by atoms with E-state index in [-0.39, 0.29) is 12.4 Å². The number of methoxy groups -OCH3 is 1. The van der Waals surface area contributed by atoms with Crippen LogP contribution in [0.3, 0.4) is 0 Å². The van der Waals surface area contributed by atoms with Gasteiger partial charge in [-0.2, -0.15) is 0 Å². The molecule has 0 saturated heterocycles. The molecule has 1 aliphatic carbocycles. The standard InChI is InChI=1S/C27H29NO5/c1-4-32-22-14-13-19(15-23(22)31-3)25-24(27(30)33-16-18-9-6-5-7-10-18)17(2)28-20-11-8-12-21(29)26(20)25/h5-7,9-10,13-15,25-26H,4,8,11-12,16H2,1-3H3/t25-,26?/m0/s1. The van der Waals surface area contributed by atoms with Gasteiger partial charge < -0.3 is 14.2 Å². The molecule has 4 rings (SSSR count). The van der Waals surface area contributed by atoms with E-state index in [1.54, 1.807) is 7.11 Å². The highest BCUT2D eigenvalue weighted by atomic mass is 16.5. The maximum absolute atomic E-state index is 13.4. The van der Waals surface area contributed by atoms with Crippen LogP contribution < -0.4 is 9.47 Å². The van der Waals surface area contributed by atoms with Crippen LogP contribution >= 0.6 is 0 Å². The Balaban J connectivity index is 1.74. The largest absolute Gasteiger partial charge is 0.493 e. The van der Waals surface area contributed by atoms with Crippen LogP contribution in [0.4, 0.5) is 0 Å². The molecular weight excluding hydrogens is 418 g/mol. The molecule has 2 aliphatic rings. The molecule has 33 heavy (non-hydrogen) atoms. The Morgan fingerprint density at radius 1 is 1.06 bits per heavy atom. The summed E-state index contributed by atoms with van der Waals surface area (Å²) >= 11 is 0. The van der Waals surface area contributed by atoms with Crippen LogP contribution in [0.15, 0.2) is 64.8 Å². The van der Waals surface area contributed by atoms with Crippen LogP contribution in [0.2, 0.25) is 0 Å². The Bertz CT molecular complexity index is 1100. The van der Waals surface area contributed by atoms with Crippen LogP contribution in [0, 0.1) is 5.92 Å². The van der Waals surface area contributed by atoms with E-state index in [2.05, 4.69) is 0 Å². The first-order chi connectivity index (χ1) is 16.0. The number of allylic oxidation sites excluding steroid dienone is 1. The van der Waals surface area contributed by atoms with Gasteiger partial charge in [0, 0.05) is 23.7 Å². The highest BCUT2D eigenvalue weighted by molar-refractivity contribution is 6.11. The number of aliphatic imine (C=N–C) groups is 1. The van der Waals surface area contributed by atoms with Gasteiger partial charge in [0.15, 0.2) is 11.5 Å². The van der Waals surface area contributed by atoms with Crippen molar-refractivity contribution < 1.29 is 23.8 Å². The number of ketones is 1. The summed E-state index contributed by atoms with van der Waals surface area (Å²) in [5.41, 5.74) is 3.60. The smallest absolute Gasteiger partial charge is 0.336 e. The lowest BCUT2D eigenvalue weighted by Crippen LogP contribution is -2.39. The molecule has 1 saturated carbocycles. The molecule has 1 heterocycles. The van der Waals surface area contributed by atoms with E-state index < -0.39 is 17.8 Å². The van der Waals surface area contributed by atoms with Gasteiger partial charge in [-0.15, -0.1) is 0 Å². The van der Waals surface area contributed by atoms with Gasteiger partial charge in [0.05, 0.1) is 25.2 Å². The fourth-order valence-electron chi connectivity index (χ4n) is 4.70. The van der Waals surface area contributed by atoms with Crippen molar-refractivity contribution in [2.75, 3.05) is 13.7 Å². The lowest BCUT2D eigenvalue weighted by Gasteiger charge is -2.35. The van der Waals surface area contributed by atoms with Crippen LogP contribution in [-0.4, -0.2) is 31.2 Å². The van der Waals surface area contributed by atoms with Gasteiger partial charge in [-0.1, -0.05) is 36.4 Å².